The molecule has 0 aromatic heterocycles. The molecule has 24 heavy (non-hydrogen) atoms. The number of carbonyl (C=O) groups excluding carboxylic acids is 3. The third kappa shape index (κ3) is 4.78. The van der Waals surface area contributed by atoms with Crippen LogP contribution in [-0.4, -0.2) is 47.7 Å². The van der Waals surface area contributed by atoms with Gasteiger partial charge in [-0.05, 0) is 37.1 Å². The summed E-state index contributed by atoms with van der Waals surface area (Å²) in [7, 11) is 0. The Bertz CT molecular complexity index is 629. The second-order valence-corrected chi connectivity index (χ2v) is 6.50. The Balaban J connectivity index is 1.68. The Hall–Kier alpha value is -1.93. The van der Waals surface area contributed by atoms with Crippen LogP contribution in [0.15, 0.2) is 12.1 Å². The van der Waals surface area contributed by atoms with Gasteiger partial charge < -0.3 is 15.4 Å². The first-order valence-electron chi connectivity index (χ1n) is 7.27. The van der Waals surface area contributed by atoms with E-state index in [-0.39, 0.29) is 36.7 Å². The summed E-state index contributed by atoms with van der Waals surface area (Å²) in [5, 5.41) is 5.51. The molecule has 1 fully saturated rings. The van der Waals surface area contributed by atoms with Gasteiger partial charge in [0.25, 0.3) is 5.24 Å². The van der Waals surface area contributed by atoms with Crippen LogP contribution in [-0.2, 0) is 4.79 Å². The maximum Gasteiger partial charge on any atom is 0.317 e. The van der Waals surface area contributed by atoms with E-state index in [2.05, 4.69) is 10.6 Å². The van der Waals surface area contributed by atoms with Crippen LogP contribution in [0.3, 0.4) is 0 Å². The van der Waals surface area contributed by atoms with Gasteiger partial charge in [0, 0.05) is 18.1 Å². The van der Waals surface area contributed by atoms with E-state index in [1.807, 2.05) is 13.8 Å². The zero-order valence-electron chi connectivity index (χ0n) is 13.3. The number of halogens is 1. The minimum Gasteiger partial charge on any atom is -0.473 e. The number of ether oxygens (including phenoxy) is 1. The van der Waals surface area contributed by atoms with Gasteiger partial charge in [-0.15, -0.1) is 0 Å². The molecule has 0 aliphatic carbocycles. The number of rotatable bonds is 6. The Morgan fingerprint density at radius 1 is 1.29 bits per heavy atom. The molecule has 0 atom stereocenters. The highest BCUT2D eigenvalue weighted by atomic mass is 35.5. The predicted octanol–water partition coefficient (Wildman–Crippen LogP) is 2.29. The first-order valence-corrected chi connectivity index (χ1v) is 8.63. The molecule has 0 unspecified atom stereocenters. The summed E-state index contributed by atoms with van der Waals surface area (Å²) < 4.78 is 5.45. The van der Waals surface area contributed by atoms with Gasteiger partial charge in [0.1, 0.15) is 5.75 Å². The molecule has 0 spiro atoms. The molecule has 130 valence electrons. The van der Waals surface area contributed by atoms with Crippen LogP contribution in [0.4, 0.5) is 9.59 Å². The second kappa shape index (κ2) is 8.25. The SMILES string of the molecule is Cc1cc(OCNC(=O)NCCN2C(=O)CSC2=O)cc(C)c1Cl. The fourth-order valence-corrected chi connectivity index (χ4v) is 2.98. The van der Waals surface area contributed by atoms with Gasteiger partial charge in [-0.3, -0.25) is 14.5 Å². The Morgan fingerprint density at radius 2 is 1.96 bits per heavy atom. The van der Waals surface area contributed by atoms with E-state index in [0.717, 1.165) is 27.8 Å². The summed E-state index contributed by atoms with van der Waals surface area (Å²) >= 11 is 7.04. The van der Waals surface area contributed by atoms with Gasteiger partial charge in [-0.25, -0.2) is 4.79 Å². The smallest absolute Gasteiger partial charge is 0.317 e. The van der Waals surface area contributed by atoms with Crippen molar-refractivity contribution >= 4 is 40.5 Å². The maximum atomic E-state index is 11.6. The molecule has 1 saturated heterocycles. The zero-order valence-corrected chi connectivity index (χ0v) is 14.9. The summed E-state index contributed by atoms with van der Waals surface area (Å²) in [5.41, 5.74) is 1.79. The average Bonchev–Trinajstić information content (AvgIpc) is 2.84. The third-order valence-electron chi connectivity index (χ3n) is 3.34. The lowest BCUT2D eigenvalue weighted by molar-refractivity contribution is -0.124. The normalized spacial score (nSPS) is 14.0. The fourth-order valence-electron chi connectivity index (χ4n) is 2.12. The lowest BCUT2D eigenvalue weighted by atomic mass is 10.1. The largest absolute Gasteiger partial charge is 0.473 e. The molecule has 4 amide bonds. The molecular formula is C15H18ClN3O4S. The van der Waals surface area contributed by atoms with Crippen molar-refractivity contribution in [2.75, 3.05) is 25.6 Å². The number of hydrogen-bond donors (Lipinski definition) is 2. The Morgan fingerprint density at radius 3 is 2.54 bits per heavy atom. The number of hydrogen-bond acceptors (Lipinski definition) is 5. The Kier molecular flexibility index (Phi) is 6.33. The quantitative estimate of drug-likeness (QED) is 0.749. The fraction of sp³-hybridized carbons (Fsp3) is 0.400. The van der Waals surface area contributed by atoms with Gasteiger partial charge in [0.15, 0.2) is 6.73 Å². The molecule has 7 nitrogen and oxygen atoms in total. The second-order valence-electron chi connectivity index (χ2n) is 5.19. The van der Waals surface area contributed by atoms with Crippen molar-refractivity contribution in [3.8, 4) is 5.75 Å². The van der Waals surface area contributed by atoms with Crippen LogP contribution < -0.4 is 15.4 Å². The maximum absolute atomic E-state index is 11.6. The average molecular weight is 372 g/mol. The highest BCUT2D eigenvalue weighted by Crippen LogP contribution is 2.25. The summed E-state index contributed by atoms with van der Waals surface area (Å²) in [5.74, 6) is 0.544. The van der Waals surface area contributed by atoms with E-state index in [1.165, 1.54) is 0 Å². The predicted molar refractivity (Wildman–Crippen MR) is 92.5 cm³/mol. The number of aryl methyl sites for hydroxylation is 2. The van der Waals surface area contributed by atoms with Crippen molar-refractivity contribution in [1.82, 2.24) is 15.5 Å². The van der Waals surface area contributed by atoms with Crippen molar-refractivity contribution in [3.05, 3.63) is 28.3 Å². The van der Waals surface area contributed by atoms with Gasteiger partial charge in [0.05, 0.1) is 5.75 Å². The monoisotopic (exact) mass is 371 g/mol. The molecule has 2 rings (SSSR count). The van der Waals surface area contributed by atoms with Crippen LogP contribution in [0.5, 0.6) is 5.75 Å². The van der Waals surface area contributed by atoms with Crippen LogP contribution in [0.1, 0.15) is 11.1 Å². The lowest BCUT2D eigenvalue weighted by Gasteiger charge is -2.14. The molecule has 0 bridgehead atoms. The van der Waals surface area contributed by atoms with Crippen LogP contribution >= 0.6 is 23.4 Å². The summed E-state index contributed by atoms with van der Waals surface area (Å²) in [6, 6.07) is 3.14. The summed E-state index contributed by atoms with van der Waals surface area (Å²) in [6.45, 7) is 4.09. The van der Waals surface area contributed by atoms with Crippen molar-refractivity contribution in [1.29, 1.82) is 0 Å². The van der Waals surface area contributed by atoms with E-state index in [9.17, 15) is 14.4 Å². The van der Waals surface area contributed by atoms with Gasteiger partial charge in [0.2, 0.25) is 5.91 Å². The van der Waals surface area contributed by atoms with Crippen LogP contribution in [0, 0.1) is 13.8 Å². The highest BCUT2D eigenvalue weighted by Gasteiger charge is 2.29. The van der Waals surface area contributed by atoms with E-state index in [4.69, 9.17) is 16.3 Å². The molecular weight excluding hydrogens is 354 g/mol. The molecule has 0 saturated carbocycles. The van der Waals surface area contributed by atoms with Crippen molar-refractivity contribution < 1.29 is 19.1 Å². The molecule has 1 aromatic carbocycles. The van der Waals surface area contributed by atoms with Crippen LogP contribution in [0.2, 0.25) is 5.02 Å². The van der Waals surface area contributed by atoms with Crippen molar-refractivity contribution in [2.45, 2.75) is 13.8 Å². The molecule has 0 radical (unpaired) electrons. The van der Waals surface area contributed by atoms with E-state index in [0.29, 0.717) is 10.8 Å². The van der Waals surface area contributed by atoms with Gasteiger partial charge >= 0.3 is 6.03 Å². The number of thioether (sulfide) groups is 1. The van der Waals surface area contributed by atoms with Crippen molar-refractivity contribution in [2.24, 2.45) is 0 Å². The number of urea groups is 1. The standard InChI is InChI=1S/C15H18ClN3O4S/c1-9-5-11(6-10(2)13(9)16)23-8-18-14(21)17-3-4-19-12(20)7-24-15(19)22/h5-6H,3-4,7-8H2,1-2H3,(H2,17,18,21). The Labute approximate surface area is 149 Å². The number of nitrogens with one attached hydrogen (secondary N) is 2. The first-order chi connectivity index (χ1) is 11.4. The molecule has 9 heteroatoms. The molecule has 1 aliphatic rings. The number of amides is 4. The van der Waals surface area contributed by atoms with E-state index < -0.39 is 6.03 Å². The number of nitrogens with zero attached hydrogens (tertiary/aromatic N) is 1. The van der Waals surface area contributed by atoms with Gasteiger partial charge in [-0.2, -0.15) is 0 Å². The van der Waals surface area contributed by atoms with Crippen molar-refractivity contribution in [3.63, 3.8) is 0 Å². The molecule has 1 aliphatic heterocycles. The highest BCUT2D eigenvalue weighted by molar-refractivity contribution is 8.14. The third-order valence-corrected chi connectivity index (χ3v) is 4.80. The summed E-state index contributed by atoms with van der Waals surface area (Å²) in [4.78, 5) is 35.5. The number of benzene rings is 1. The molecule has 1 aromatic rings. The first kappa shape index (κ1) is 18.4. The van der Waals surface area contributed by atoms with E-state index in [1.54, 1.807) is 12.1 Å². The lowest BCUT2D eigenvalue weighted by Crippen LogP contribution is -2.42. The zero-order chi connectivity index (χ0) is 17.7. The van der Waals surface area contributed by atoms with Gasteiger partial charge in [-0.1, -0.05) is 23.4 Å². The summed E-state index contributed by atoms with van der Waals surface area (Å²) in [6.07, 6.45) is 0. The minimum atomic E-state index is -0.441. The topological polar surface area (TPSA) is 87.7 Å². The number of carbonyl (C=O) groups is 3. The van der Waals surface area contributed by atoms with Crippen LogP contribution in [0.25, 0.3) is 0 Å². The minimum absolute atomic E-state index is 0.0101. The molecule has 2 N–H and O–H groups in total. The van der Waals surface area contributed by atoms with E-state index >= 15 is 0 Å². The number of imide groups is 1. The molecule has 1 heterocycles.